The van der Waals surface area contributed by atoms with Gasteiger partial charge in [0.05, 0.1) is 7.11 Å². The fraction of sp³-hybridized carbons (Fsp3) is 0.684. The van der Waals surface area contributed by atoms with Gasteiger partial charge in [0, 0.05) is 12.3 Å². The molecule has 0 aromatic rings. The summed E-state index contributed by atoms with van der Waals surface area (Å²) >= 11 is 0. The average molecular weight is 337 g/mol. The van der Waals surface area contributed by atoms with Gasteiger partial charge in [-0.25, -0.2) is 9.59 Å². The molecule has 0 saturated heterocycles. The van der Waals surface area contributed by atoms with Crippen molar-refractivity contribution in [3.63, 3.8) is 0 Å². The zero-order valence-electron chi connectivity index (χ0n) is 15.8. The average Bonchev–Trinajstić information content (AvgIpc) is 2.49. The first-order valence-electron chi connectivity index (χ1n) is 8.47. The van der Waals surface area contributed by atoms with Crippen molar-refractivity contribution in [3.8, 4) is 11.8 Å². The molecular weight excluding hydrogens is 306 g/mol. The maximum Gasteiger partial charge on any atom is 0.408 e. The molecule has 0 aromatic heterocycles. The van der Waals surface area contributed by atoms with E-state index >= 15 is 0 Å². The number of carbonyl (C=O) groups is 2. The first-order valence-corrected chi connectivity index (χ1v) is 8.47. The number of rotatable bonds is 7. The van der Waals surface area contributed by atoms with E-state index in [2.05, 4.69) is 24.1 Å². The summed E-state index contributed by atoms with van der Waals surface area (Å²) in [5.74, 6) is 5.28. The van der Waals surface area contributed by atoms with E-state index in [1.54, 1.807) is 26.8 Å². The monoisotopic (exact) mass is 337 g/mol. The zero-order valence-corrected chi connectivity index (χ0v) is 15.8. The Balaban J connectivity index is 5.15. The second kappa shape index (κ2) is 11.6. The van der Waals surface area contributed by atoms with Gasteiger partial charge in [-0.1, -0.05) is 38.2 Å². The lowest BCUT2D eigenvalue weighted by Gasteiger charge is -2.26. The van der Waals surface area contributed by atoms with E-state index in [0.29, 0.717) is 0 Å². The van der Waals surface area contributed by atoms with Gasteiger partial charge in [0.1, 0.15) is 11.6 Å². The standard InChI is InChI=1S/C19H31NO4/c1-7-9-10-11-12-14-15(13-8-2)16(17(21)23-6)20-18(22)24-19(3,4)5/h12,14-16H,7-9,13H2,1-6H3,(H,20,22)/b14-12+/t15-,16+/m1/s1. The molecule has 0 aliphatic rings. The van der Waals surface area contributed by atoms with Crippen LogP contribution in [0.25, 0.3) is 0 Å². The Morgan fingerprint density at radius 3 is 2.38 bits per heavy atom. The number of ether oxygens (including phenoxy) is 2. The number of amides is 1. The van der Waals surface area contributed by atoms with Gasteiger partial charge in [0.2, 0.25) is 0 Å². The van der Waals surface area contributed by atoms with Crippen molar-refractivity contribution in [2.24, 2.45) is 5.92 Å². The molecule has 24 heavy (non-hydrogen) atoms. The third kappa shape index (κ3) is 9.94. The van der Waals surface area contributed by atoms with Crippen LogP contribution in [-0.2, 0) is 14.3 Å². The number of carbonyl (C=O) groups excluding carboxylic acids is 2. The Labute approximate surface area is 146 Å². The molecule has 5 nitrogen and oxygen atoms in total. The quantitative estimate of drug-likeness (QED) is 0.566. The first-order chi connectivity index (χ1) is 11.2. The predicted octanol–water partition coefficient (Wildman–Crippen LogP) is 3.83. The van der Waals surface area contributed by atoms with Crippen molar-refractivity contribution in [1.29, 1.82) is 0 Å². The van der Waals surface area contributed by atoms with Crippen molar-refractivity contribution in [2.75, 3.05) is 7.11 Å². The summed E-state index contributed by atoms with van der Waals surface area (Å²) in [5.41, 5.74) is -0.632. The van der Waals surface area contributed by atoms with Crippen LogP contribution in [0.2, 0.25) is 0 Å². The minimum absolute atomic E-state index is 0.203. The first kappa shape index (κ1) is 22.0. The number of esters is 1. The van der Waals surface area contributed by atoms with E-state index in [-0.39, 0.29) is 5.92 Å². The fourth-order valence-corrected chi connectivity index (χ4v) is 2.04. The van der Waals surface area contributed by atoms with Gasteiger partial charge in [-0.15, -0.1) is 0 Å². The smallest absolute Gasteiger partial charge is 0.408 e. The lowest BCUT2D eigenvalue weighted by Crippen LogP contribution is -2.47. The second-order valence-electron chi connectivity index (χ2n) is 6.53. The molecule has 0 heterocycles. The van der Waals surface area contributed by atoms with Gasteiger partial charge >= 0.3 is 12.1 Å². The summed E-state index contributed by atoms with van der Waals surface area (Å²) in [7, 11) is 1.31. The number of alkyl carbamates (subject to hydrolysis) is 1. The van der Waals surface area contributed by atoms with Gasteiger partial charge in [0.15, 0.2) is 0 Å². The van der Waals surface area contributed by atoms with Crippen molar-refractivity contribution < 1.29 is 19.1 Å². The Morgan fingerprint density at radius 1 is 1.21 bits per heavy atom. The van der Waals surface area contributed by atoms with Crippen LogP contribution in [0.4, 0.5) is 4.79 Å². The normalized spacial score (nSPS) is 13.6. The highest BCUT2D eigenvalue weighted by Crippen LogP contribution is 2.16. The highest BCUT2D eigenvalue weighted by molar-refractivity contribution is 5.82. The zero-order chi connectivity index (χ0) is 18.6. The van der Waals surface area contributed by atoms with Gasteiger partial charge in [-0.05, 0) is 39.7 Å². The third-order valence-electron chi connectivity index (χ3n) is 3.08. The molecule has 0 saturated carbocycles. The van der Waals surface area contributed by atoms with Gasteiger partial charge in [0.25, 0.3) is 0 Å². The summed E-state index contributed by atoms with van der Waals surface area (Å²) in [5, 5.41) is 2.63. The predicted molar refractivity (Wildman–Crippen MR) is 95.4 cm³/mol. The molecule has 1 N–H and O–H groups in total. The van der Waals surface area contributed by atoms with Crippen LogP contribution in [0.1, 0.15) is 60.3 Å². The van der Waals surface area contributed by atoms with Crippen molar-refractivity contribution in [3.05, 3.63) is 12.2 Å². The molecule has 0 rings (SSSR count). The Bertz CT molecular complexity index is 480. The van der Waals surface area contributed by atoms with E-state index in [0.717, 1.165) is 25.7 Å². The molecule has 1 amide bonds. The van der Waals surface area contributed by atoms with Crippen LogP contribution in [0, 0.1) is 17.8 Å². The van der Waals surface area contributed by atoms with E-state index in [1.807, 2.05) is 13.0 Å². The molecule has 2 atom stereocenters. The number of allylic oxidation sites excluding steroid dienone is 1. The maximum atomic E-state index is 12.1. The minimum atomic E-state index is -0.797. The molecule has 0 bridgehead atoms. The topological polar surface area (TPSA) is 64.6 Å². The van der Waals surface area contributed by atoms with Crippen molar-refractivity contribution in [2.45, 2.75) is 71.9 Å². The number of methoxy groups -OCH3 is 1. The molecule has 0 unspecified atom stereocenters. The Kier molecular flexibility index (Phi) is 10.6. The van der Waals surface area contributed by atoms with Gasteiger partial charge in [-0.2, -0.15) is 0 Å². The number of unbranched alkanes of at least 4 members (excludes halogenated alkanes) is 1. The summed E-state index contributed by atoms with van der Waals surface area (Å²) in [6.07, 6.45) is 6.38. The van der Waals surface area contributed by atoms with Crippen molar-refractivity contribution >= 4 is 12.1 Å². The van der Waals surface area contributed by atoms with E-state index < -0.39 is 23.7 Å². The lowest BCUT2D eigenvalue weighted by atomic mass is 9.94. The summed E-state index contributed by atoms with van der Waals surface area (Å²) in [6.45, 7) is 9.40. The van der Waals surface area contributed by atoms with Crippen LogP contribution in [-0.4, -0.2) is 30.8 Å². The van der Waals surface area contributed by atoms with Crippen LogP contribution in [0.5, 0.6) is 0 Å². The summed E-state index contributed by atoms with van der Waals surface area (Å²) in [6, 6.07) is -0.797. The molecule has 5 heteroatoms. The van der Waals surface area contributed by atoms with Crippen molar-refractivity contribution in [1.82, 2.24) is 5.32 Å². The minimum Gasteiger partial charge on any atom is -0.467 e. The van der Waals surface area contributed by atoms with Crippen LogP contribution in [0.15, 0.2) is 12.2 Å². The van der Waals surface area contributed by atoms with E-state index in [1.165, 1.54) is 7.11 Å². The maximum absolute atomic E-state index is 12.1. The Hall–Kier alpha value is -1.96. The highest BCUT2D eigenvalue weighted by Gasteiger charge is 2.30. The summed E-state index contributed by atoms with van der Waals surface area (Å²) < 4.78 is 10.1. The largest absolute Gasteiger partial charge is 0.467 e. The second-order valence-corrected chi connectivity index (χ2v) is 6.53. The Morgan fingerprint density at radius 2 is 1.88 bits per heavy atom. The SMILES string of the molecule is CCCC#C/C=C/[C@@H](CCC)[C@H](NC(=O)OC(C)(C)C)C(=O)OC. The molecule has 0 aromatic carbocycles. The fourth-order valence-electron chi connectivity index (χ4n) is 2.04. The van der Waals surface area contributed by atoms with Crippen LogP contribution >= 0.6 is 0 Å². The number of nitrogens with one attached hydrogen (secondary N) is 1. The van der Waals surface area contributed by atoms with Gasteiger partial charge in [-0.3, -0.25) is 0 Å². The van der Waals surface area contributed by atoms with Crippen LogP contribution < -0.4 is 5.32 Å². The molecule has 0 aliphatic carbocycles. The number of hydrogen-bond donors (Lipinski definition) is 1. The number of hydrogen-bond acceptors (Lipinski definition) is 4. The van der Waals surface area contributed by atoms with E-state index in [9.17, 15) is 9.59 Å². The highest BCUT2D eigenvalue weighted by atomic mass is 16.6. The summed E-state index contributed by atoms with van der Waals surface area (Å²) in [4.78, 5) is 24.1. The third-order valence-corrected chi connectivity index (χ3v) is 3.08. The molecule has 0 fully saturated rings. The molecule has 0 aliphatic heterocycles. The molecular formula is C19H31NO4. The molecule has 136 valence electrons. The molecule has 0 spiro atoms. The molecule has 0 radical (unpaired) electrons. The van der Waals surface area contributed by atoms with E-state index in [4.69, 9.17) is 9.47 Å². The lowest BCUT2D eigenvalue weighted by molar-refractivity contribution is -0.144. The van der Waals surface area contributed by atoms with Gasteiger partial charge < -0.3 is 14.8 Å². The van der Waals surface area contributed by atoms with Crippen LogP contribution in [0.3, 0.4) is 0 Å².